The third kappa shape index (κ3) is 5.47. The molecule has 0 atom stereocenters. The van der Waals surface area contributed by atoms with Crippen LogP contribution in [0.3, 0.4) is 0 Å². The minimum atomic E-state index is -0.269. The molecule has 2 amide bonds. The highest BCUT2D eigenvalue weighted by Gasteiger charge is 2.15. The molecule has 0 bridgehead atoms. The molecule has 0 heterocycles. The Kier molecular flexibility index (Phi) is 6.86. The molecule has 0 spiro atoms. The number of rotatable bonds is 7. The lowest BCUT2D eigenvalue weighted by Crippen LogP contribution is -2.37. The van der Waals surface area contributed by atoms with Gasteiger partial charge in [-0.15, -0.1) is 0 Å². The lowest BCUT2D eigenvalue weighted by Gasteiger charge is -2.18. The summed E-state index contributed by atoms with van der Waals surface area (Å²) in [5.41, 5.74) is 4.73. The van der Waals surface area contributed by atoms with E-state index in [0.717, 1.165) is 27.9 Å². The van der Waals surface area contributed by atoms with E-state index in [4.69, 9.17) is 4.74 Å². The van der Waals surface area contributed by atoms with Gasteiger partial charge in [-0.3, -0.25) is 9.59 Å². The van der Waals surface area contributed by atoms with Crippen LogP contribution >= 0.6 is 0 Å². The van der Waals surface area contributed by atoms with E-state index in [1.807, 2.05) is 86.6 Å². The number of likely N-dealkylation sites (N-methyl/N-ethyl adjacent to an activating group) is 1. The number of nitrogens with zero attached hydrogens (tertiary/aromatic N) is 1. The Morgan fingerprint density at radius 3 is 2.40 bits per heavy atom. The first kappa shape index (κ1) is 21.1. The zero-order chi connectivity index (χ0) is 21.5. The quantitative estimate of drug-likeness (QED) is 0.635. The Balaban J connectivity index is 1.58. The van der Waals surface area contributed by atoms with E-state index in [0.29, 0.717) is 5.75 Å². The van der Waals surface area contributed by atoms with Crippen LogP contribution in [-0.2, 0) is 9.59 Å². The van der Waals surface area contributed by atoms with Crippen molar-refractivity contribution in [3.8, 4) is 16.9 Å². The molecule has 3 rings (SSSR count). The molecule has 0 aliphatic heterocycles. The van der Waals surface area contributed by atoms with Crippen LogP contribution in [0.5, 0.6) is 5.75 Å². The van der Waals surface area contributed by atoms with Gasteiger partial charge in [-0.1, -0.05) is 60.7 Å². The number of hydrogen-bond donors (Lipinski definition) is 1. The fraction of sp³-hybridized carbons (Fsp3) is 0.200. The zero-order valence-corrected chi connectivity index (χ0v) is 17.5. The maximum atomic E-state index is 12.5. The van der Waals surface area contributed by atoms with Gasteiger partial charge in [0.25, 0.3) is 5.91 Å². The van der Waals surface area contributed by atoms with Crippen LogP contribution in [0, 0.1) is 13.8 Å². The van der Waals surface area contributed by atoms with Crippen LogP contribution in [0.1, 0.15) is 11.1 Å². The molecule has 1 N–H and O–H groups in total. The molecule has 0 aliphatic carbocycles. The number of carbonyl (C=O) groups excluding carboxylic acids is 2. The van der Waals surface area contributed by atoms with Crippen molar-refractivity contribution in [2.45, 2.75) is 13.8 Å². The summed E-state index contributed by atoms with van der Waals surface area (Å²) in [6.45, 7) is 3.71. The van der Waals surface area contributed by atoms with Gasteiger partial charge in [0.05, 0.1) is 6.54 Å². The SMILES string of the molecule is Cc1ccc(C)c(NC(=O)CN(C)C(=O)COc2ccccc2-c2ccccc2)c1. The van der Waals surface area contributed by atoms with Crippen molar-refractivity contribution in [1.29, 1.82) is 0 Å². The van der Waals surface area contributed by atoms with Gasteiger partial charge >= 0.3 is 0 Å². The minimum absolute atomic E-state index is 0.0457. The molecule has 0 saturated heterocycles. The maximum Gasteiger partial charge on any atom is 0.260 e. The molecule has 0 fully saturated rings. The van der Waals surface area contributed by atoms with Gasteiger partial charge in [-0.25, -0.2) is 0 Å². The largest absolute Gasteiger partial charge is 0.483 e. The number of nitrogens with one attached hydrogen (secondary N) is 1. The highest BCUT2D eigenvalue weighted by atomic mass is 16.5. The van der Waals surface area contributed by atoms with Crippen LogP contribution in [0.25, 0.3) is 11.1 Å². The lowest BCUT2D eigenvalue weighted by atomic mass is 10.1. The fourth-order valence-corrected chi connectivity index (χ4v) is 3.06. The van der Waals surface area contributed by atoms with E-state index in [-0.39, 0.29) is 25.0 Å². The van der Waals surface area contributed by atoms with Gasteiger partial charge in [-0.2, -0.15) is 0 Å². The number of carbonyl (C=O) groups is 2. The molecule has 0 radical (unpaired) electrons. The van der Waals surface area contributed by atoms with Gasteiger partial charge in [0.15, 0.2) is 6.61 Å². The number of amides is 2. The van der Waals surface area contributed by atoms with Crippen molar-refractivity contribution in [2.75, 3.05) is 25.5 Å². The highest BCUT2D eigenvalue weighted by molar-refractivity contribution is 5.95. The molecule has 5 heteroatoms. The molecular formula is C25H26N2O3. The summed E-state index contributed by atoms with van der Waals surface area (Å²) in [6, 6.07) is 23.3. The predicted molar refractivity (Wildman–Crippen MR) is 120 cm³/mol. The first-order valence-electron chi connectivity index (χ1n) is 9.82. The van der Waals surface area contributed by atoms with Gasteiger partial charge in [-0.05, 0) is 42.7 Å². The molecular weight excluding hydrogens is 376 g/mol. The number of benzene rings is 3. The van der Waals surface area contributed by atoms with Crippen LogP contribution in [-0.4, -0.2) is 36.9 Å². The second kappa shape index (κ2) is 9.74. The van der Waals surface area contributed by atoms with Crippen molar-refractivity contribution in [2.24, 2.45) is 0 Å². The van der Waals surface area contributed by atoms with E-state index in [1.165, 1.54) is 4.90 Å². The normalized spacial score (nSPS) is 10.4. The number of ether oxygens (including phenoxy) is 1. The molecule has 0 unspecified atom stereocenters. The standard InChI is InChI=1S/C25H26N2O3/c1-18-13-14-19(2)22(15-18)26-24(28)16-27(3)25(29)17-30-23-12-8-7-11-21(23)20-9-5-4-6-10-20/h4-15H,16-17H2,1-3H3,(H,26,28). The summed E-state index contributed by atoms with van der Waals surface area (Å²) < 4.78 is 5.79. The molecule has 0 saturated carbocycles. The first-order chi connectivity index (χ1) is 14.4. The Labute approximate surface area is 177 Å². The zero-order valence-electron chi connectivity index (χ0n) is 17.5. The van der Waals surface area contributed by atoms with Crippen molar-refractivity contribution < 1.29 is 14.3 Å². The van der Waals surface area contributed by atoms with Crippen LogP contribution < -0.4 is 10.1 Å². The smallest absolute Gasteiger partial charge is 0.260 e. The van der Waals surface area contributed by atoms with Gasteiger partial charge in [0, 0.05) is 18.3 Å². The van der Waals surface area contributed by atoms with E-state index < -0.39 is 0 Å². The second-order valence-electron chi connectivity index (χ2n) is 7.27. The number of anilines is 1. The molecule has 3 aromatic rings. The van der Waals surface area contributed by atoms with Crippen molar-refractivity contribution in [3.63, 3.8) is 0 Å². The number of aryl methyl sites for hydroxylation is 2. The highest BCUT2D eigenvalue weighted by Crippen LogP contribution is 2.29. The third-order valence-electron chi connectivity index (χ3n) is 4.80. The summed E-state index contributed by atoms with van der Waals surface area (Å²) in [6.07, 6.45) is 0. The summed E-state index contributed by atoms with van der Waals surface area (Å²) in [7, 11) is 1.59. The van der Waals surface area contributed by atoms with E-state index in [2.05, 4.69) is 5.32 Å². The average molecular weight is 402 g/mol. The molecule has 5 nitrogen and oxygen atoms in total. The monoisotopic (exact) mass is 402 g/mol. The Hall–Kier alpha value is -3.60. The van der Waals surface area contributed by atoms with Crippen molar-refractivity contribution >= 4 is 17.5 Å². The topological polar surface area (TPSA) is 58.6 Å². The van der Waals surface area contributed by atoms with E-state index >= 15 is 0 Å². The van der Waals surface area contributed by atoms with Crippen LogP contribution in [0.4, 0.5) is 5.69 Å². The first-order valence-corrected chi connectivity index (χ1v) is 9.82. The van der Waals surface area contributed by atoms with E-state index in [9.17, 15) is 9.59 Å². The maximum absolute atomic E-state index is 12.5. The second-order valence-corrected chi connectivity index (χ2v) is 7.27. The van der Waals surface area contributed by atoms with Gasteiger partial charge < -0.3 is 15.0 Å². The number of hydrogen-bond acceptors (Lipinski definition) is 3. The Morgan fingerprint density at radius 2 is 1.63 bits per heavy atom. The van der Waals surface area contributed by atoms with Gasteiger partial charge in [0.2, 0.25) is 5.91 Å². The third-order valence-corrected chi connectivity index (χ3v) is 4.80. The number of para-hydroxylation sites is 1. The van der Waals surface area contributed by atoms with Crippen molar-refractivity contribution in [3.05, 3.63) is 83.9 Å². The molecule has 3 aromatic carbocycles. The van der Waals surface area contributed by atoms with Gasteiger partial charge in [0.1, 0.15) is 5.75 Å². The predicted octanol–water partition coefficient (Wildman–Crippen LogP) is 4.45. The minimum Gasteiger partial charge on any atom is -0.483 e. The molecule has 0 aromatic heterocycles. The summed E-state index contributed by atoms with van der Waals surface area (Å²) >= 11 is 0. The fourth-order valence-electron chi connectivity index (χ4n) is 3.06. The molecule has 154 valence electrons. The average Bonchev–Trinajstić information content (AvgIpc) is 2.75. The summed E-state index contributed by atoms with van der Waals surface area (Å²) in [4.78, 5) is 26.2. The summed E-state index contributed by atoms with van der Waals surface area (Å²) in [5, 5.41) is 2.87. The van der Waals surface area contributed by atoms with E-state index in [1.54, 1.807) is 7.05 Å². The summed E-state index contributed by atoms with van der Waals surface area (Å²) in [5.74, 6) is 0.114. The molecule has 0 aliphatic rings. The Bertz CT molecular complexity index is 1030. The Morgan fingerprint density at radius 1 is 0.933 bits per heavy atom. The van der Waals surface area contributed by atoms with Crippen LogP contribution in [0.15, 0.2) is 72.8 Å². The lowest BCUT2D eigenvalue weighted by molar-refractivity contribution is -0.135. The molecule has 30 heavy (non-hydrogen) atoms. The van der Waals surface area contributed by atoms with Crippen molar-refractivity contribution in [1.82, 2.24) is 4.90 Å². The van der Waals surface area contributed by atoms with Crippen LogP contribution in [0.2, 0.25) is 0 Å².